The Labute approximate surface area is 81.4 Å². The number of nitrogens with one attached hydrogen (secondary N) is 1. The molecule has 1 heterocycles. The summed E-state index contributed by atoms with van der Waals surface area (Å²) in [7, 11) is 2.01. The summed E-state index contributed by atoms with van der Waals surface area (Å²) in [5.41, 5.74) is 0. The molecule has 0 saturated carbocycles. The van der Waals surface area contributed by atoms with Crippen molar-refractivity contribution in [2.45, 2.75) is 39.0 Å². The second kappa shape index (κ2) is 4.94. The Morgan fingerprint density at radius 1 is 1.38 bits per heavy atom. The first-order chi connectivity index (χ1) is 6.11. The van der Waals surface area contributed by atoms with E-state index in [0.29, 0.717) is 18.2 Å². The zero-order valence-electron chi connectivity index (χ0n) is 9.21. The topological polar surface area (TPSA) is 24.5 Å². The summed E-state index contributed by atoms with van der Waals surface area (Å²) < 4.78 is 5.67. The molecule has 3 unspecified atom stereocenters. The summed E-state index contributed by atoms with van der Waals surface area (Å²) in [6.45, 7) is 9.76. The van der Waals surface area contributed by atoms with Gasteiger partial charge in [-0.05, 0) is 27.8 Å². The molecule has 0 spiro atoms. The molecule has 1 rings (SSSR count). The molecule has 1 aliphatic heterocycles. The molecule has 1 saturated heterocycles. The largest absolute Gasteiger partial charge is 0.373 e. The van der Waals surface area contributed by atoms with E-state index in [0.717, 1.165) is 19.6 Å². The zero-order chi connectivity index (χ0) is 9.84. The molecule has 0 aromatic heterocycles. The van der Waals surface area contributed by atoms with Crippen LogP contribution in [0.5, 0.6) is 0 Å². The summed E-state index contributed by atoms with van der Waals surface area (Å²) in [5.74, 6) is 0. The Balaban J connectivity index is 2.32. The van der Waals surface area contributed by atoms with Gasteiger partial charge in [-0.15, -0.1) is 0 Å². The average molecular weight is 186 g/mol. The quantitative estimate of drug-likeness (QED) is 0.702. The lowest BCUT2D eigenvalue weighted by Crippen LogP contribution is -2.49. The van der Waals surface area contributed by atoms with E-state index in [-0.39, 0.29) is 0 Å². The maximum atomic E-state index is 5.67. The highest BCUT2D eigenvalue weighted by Gasteiger charge is 2.22. The SMILES string of the molecule is CNC(C)CN1CC(C)OC(C)C1. The second-order valence-corrected chi connectivity index (χ2v) is 4.17. The summed E-state index contributed by atoms with van der Waals surface area (Å²) >= 11 is 0. The zero-order valence-corrected chi connectivity index (χ0v) is 9.21. The molecule has 0 aromatic carbocycles. The van der Waals surface area contributed by atoms with Crippen LogP contribution in [-0.2, 0) is 4.74 Å². The van der Waals surface area contributed by atoms with Crippen LogP contribution >= 0.6 is 0 Å². The van der Waals surface area contributed by atoms with Crippen molar-refractivity contribution in [1.29, 1.82) is 0 Å². The van der Waals surface area contributed by atoms with Crippen LogP contribution in [0.4, 0.5) is 0 Å². The number of ether oxygens (including phenoxy) is 1. The van der Waals surface area contributed by atoms with Gasteiger partial charge in [-0.3, -0.25) is 4.90 Å². The predicted molar refractivity (Wildman–Crippen MR) is 55.0 cm³/mol. The van der Waals surface area contributed by atoms with Crippen LogP contribution in [0.3, 0.4) is 0 Å². The summed E-state index contributed by atoms with van der Waals surface area (Å²) in [6.07, 6.45) is 0.764. The molecule has 0 aliphatic carbocycles. The summed E-state index contributed by atoms with van der Waals surface area (Å²) in [5, 5.41) is 3.26. The van der Waals surface area contributed by atoms with Gasteiger partial charge in [0.15, 0.2) is 0 Å². The molecule has 1 fully saturated rings. The fourth-order valence-electron chi connectivity index (χ4n) is 1.91. The number of hydrogen-bond acceptors (Lipinski definition) is 3. The molecule has 13 heavy (non-hydrogen) atoms. The number of hydrogen-bond donors (Lipinski definition) is 1. The van der Waals surface area contributed by atoms with Crippen molar-refractivity contribution < 1.29 is 4.74 Å². The van der Waals surface area contributed by atoms with E-state index < -0.39 is 0 Å². The van der Waals surface area contributed by atoms with Crippen LogP contribution < -0.4 is 5.32 Å². The van der Waals surface area contributed by atoms with Crippen LogP contribution in [0, 0.1) is 0 Å². The van der Waals surface area contributed by atoms with Crippen molar-refractivity contribution in [1.82, 2.24) is 10.2 Å². The minimum absolute atomic E-state index is 0.382. The monoisotopic (exact) mass is 186 g/mol. The first-order valence-electron chi connectivity index (χ1n) is 5.17. The van der Waals surface area contributed by atoms with Gasteiger partial charge in [-0.1, -0.05) is 0 Å². The Morgan fingerprint density at radius 3 is 2.38 bits per heavy atom. The Kier molecular flexibility index (Phi) is 4.16. The van der Waals surface area contributed by atoms with Crippen molar-refractivity contribution in [2.24, 2.45) is 0 Å². The molecule has 1 aliphatic rings. The molecule has 3 nitrogen and oxygen atoms in total. The molecule has 3 heteroatoms. The maximum Gasteiger partial charge on any atom is 0.0678 e. The van der Waals surface area contributed by atoms with Crippen LogP contribution in [0.25, 0.3) is 0 Å². The molecular weight excluding hydrogens is 164 g/mol. The third-order valence-electron chi connectivity index (χ3n) is 2.52. The van der Waals surface area contributed by atoms with Gasteiger partial charge in [0.2, 0.25) is 0 Å². The minimum atomic E-state index is 0.382. The second-order valence-electron chi connectivity index (χ2n) is 4.17. The van der Waals surface area contributed by atoms with Crippen LogP contribution in [0.15, 0.2) is 0 Å². The van der Waals surface area contributed by atoms with E-state index in [1.807, 2.05) is 7.05 Å². The molecule has 0 aromatic rings. The maximum absolute atomic E-state index is 5.67. The lowest BCUT2D eigenvalue weighted by atomic mass is 10.2. The van der Waals surface area contributed by atoms with E-state index in [2.05, 4.69) is 31.0 Å². The first-order valence-corrected chi connectivity index (χ1v) is 5.17. The highest BCUT2D eigenvalue weighted by Crippen LogP contribution is 2.10. The number of morpholine rings is 1. The minimum Gasteiger partial charge on any atom is -0.373 e. The summed E-state index contributed by atoms with van der Waals surface area (Å²) in [6, 6.07) is 0.567. The number of nitrogens with zero attached hydrogens (tertiary/aromatic N) is 1. The van der Waals surface area contributed by atoms with Crippen LogP contribution in [0.1, 0.15) is 20.8 Å². The molecule has 1 N–H and O–H groups in total. The fourth-order valence-corrected chi connectivity index (χ4v) is 1.91. The van der Waals surface area contributed by atoms with Gasteiger partial charge in [0.1, 0.15) is 0 Å². The van der Waals surface area contributed by atoms with Gasteiger partial charge in [0.25, 0.3) is 0 Å². The average Bonchev–Trinajstić information content (AvgIpc) is 2.02. The number of rotatable bonds is 3. The van der Waals surface area contributed by atoms with Gasteiger partial charge >= 0.3 is 0 Å². The van der Waals surface area contributed by atoms with Crippen molar-refractivity contribution in [3.05, 3.63) is 0 Å². The van der Waals surface area contributed by atoms with Crippen molar-refractivity contribution in [3.63, 3.8) is 0 Å². The molecule has 0 bridgehead atoms. The molecule has 3 atom stereocenters. The summed E-state index contributed by atoms with van der Waals surface area (Å²) in [4.78, 5) is 2.47. The third kappa shape index (κ3) is 3.63. The van der Waals surface area contributed by atoms with Crippen LogP contribution in [0.2, 0.25) is 0 Å². The van der Waals surface area contributed by atoms with E-state index >= 15 is 0 Å². The smallest absolute Gasteiger partial charge is 0.0678 e. The van der Waals surface area contributed by atoms with Crippen molar-refractivity contribution in [2.75, 3.05) is 26.7 Å². The van der Waals surface area contributed by atoms with Crippen molar-refractivity contribution in [3.8, 4) is 0 Å². The third-order valence-corrected chi connectivity index (χ3v) is 2.52. The van der Waals surface area contributed by atoms with Crippen LogP contribution in [-0.4, -0.2) is 49.8 Å². The van der Waals surface area contributed by atoms with Crippen molar-refractivity contribution >= 4 is 0 Å². The fraction of sp³-hybridized carbons (Fsp3) is 1.00. The number of likely N-dealkylation sites (N-methyl/N-ethyl adjacent to an activating group) is 1. The van der Waals surface area contributed by atoms with E-state index in [9.17, 15) is 0 Å². The molecule has 0 amide bonds. The lowest BCUT2D eigenvalue weighted by Gasteiger charge is -2.36. The standard InChI is InChI=1S/C10H22N2O/c1-8(11-4)5-12-6-9(2)13-10(3)7-12/h8-11H,5-7H2,1-4H3. The normalized spacial score (nSPS) is 33.2. The highest BCUT2D eigenvalue weighted by molar-refractivity contribution is 4.75. The Morgan fingerprint density at radius 2 is 1.92 bits per heavy atom. The van der Waals surface area contributed by atoms with E-state index in [1.165, 1.54) is 0 Å². The van der Waals surface area contributed by atoms with Gasteiger partial charge in [-0.2, -0.15) is 0 Å². The van der Waals surface area contributed by atoms with Gasteiger partial charge in [0, 0.05) is 25.7 Å². The van der Waals surface area contributed by atoms with Gasteiger partial charge in [-0.25, -0.2) is 0 Å². The van der Waals surface area contributed by atoms with Gasteiger partial charge in [0.05, 0.1) is 12.2 Å². The van der Waals surface area contributed by atoms with Gasteiger partial charge < -0.3 is 10.1 Å². The highest BCUT2D eigenvalue weighted by atomic mass is 16.5. The van der Waals surface area contributed by atoms with E-state index in [1.54, 1.807) is 0 Å². The first kappa shape index (κ1) is 11.0. The lowest BCUT2D eigenvalue weighted by molar-refractivity contribution is -0.0693. The molecule has 78 valence electrons. The van der Waals surface area contributed by atoms with E-state index in [4.69, 9.17) is 4.74 Å². The Hall–Kier alpha value is -0.120. The molecule has 0 radical (unpaired) electrons. The predicted octanol–water partition coefficient (Wildman–Crippen LogP) is 0.703. The Bertz CT molecular complexity index is 142. The molecular formula is C10H22N2O.